The summed E-state index contributed by atoms with van der Waals surface area (Å²) in [5.41, 5.74) is 1.08. The number of furan rings is 1. The molecule has 1 aromatic heterocycles. The van der Waals surface area contributed by atoms with Crippen LogP contribution < -0.4 is 10.6 Å². The van der Waals surface area contributed by atoms with E-state index in [4.69, 9.17) is 4.42 Å². The van der Waals surface area contributed by atoms with E-state index >= 15 is 0 Å². The van der Waals surface area contributed by atoms with Gasteiger partial charge in [0.1, 0.15) is 11.0 Å². The summed E-state index contributed by atoms with van der Waals surface area (Å²) >= 11 is 1.38. The van der Waals surface area contributed by atoms with Crippen molar-refractivity contribution in [2.45, 2.75) is 37.4 Å². The summed E-state index contributed by atoms with van der Waals surface area (Å²) in [5.74, 6) is 0.134. The van der Waals surface area contributed by atoms with Gasteiger partial charge in [0.15, 0.2) is 5.17 Å². The minimum absolute atomic E-state index is 0.0688. The molecule has 168 valence electrons. The van der Waals surface area contributed by atoms with Crippen molar-refractivity contribution < 1.29 is 18.8 Å². The molecule has 2 aliphatic heterocycles. The number of piperidine rings is 1. The number of hydrogen-bond donors (Lipinski definition) is 2. The minimum atomic E-state index is -0.480. The van der Waals surface area contributed by atoms with E-state index in [9.17, 15) is 14.4 Å². The average Bonchev–Trinajstić information content (AvgIpc) is 3.45. The summed E-state index contributed by atoms with van der Waals surface area (Å²) in [6, 6.07) is 10.3. The number of aliphatic imine (C=N–C) groups is 1. The van der Waals surface area contributed by atoms with Gasteiger partial charge in [0, 0.05) is 43.7 Å². The van der Waals surface area contributed by atoms with E-state index < -0.39 is 5.25 Å². The van der Waals surface area contributed by atoms with Gasteiger partial charge in [-0.2, -0.15) is 4.99 Å². The second-order valence-corrected chi connectivity index (χ2v) is 8.97. The summed E-state index contributed by atoms with van der Waals surface area (Å²) in [6.07, 6.45) is 5.72. The monoisotopic (exact) mass is 454 g/mol. The Balaban J connectivity index is 1.22. The number of anilines is 1. The van der Waals surface area contributed by atoms with Gasteiger partial charge in [-0.05, 0) is 55.7 Å². The smallest absolute Gasteiger partial charge is 0.262 e. The Labute approximate surface area is 190 Å². The number of carbonyl (C=O) groups excluding carboxylic acids is 3. The molecular formula is C23H26N4O4S. The molecule has 2 aliphatic rings. The second kappa shape index (κ2) is 10.5. The van der Waals surface area contributed by atoms with E-state index in [0.29, 0.717) is 24.2 Å². The van der Waals surface area contributed by atoms with Gasteiger partial charge < -0.3 is 20.0 Å². The molecule has 2 aromatic rings. The predicted octanol–water partition coefficient (Wildman–Crippen LogP) is 3.06. The molecule has 0 unspecified atom stereocenters. The number of hydrogen-bond acceptors (Lipinski definition) is 6. The van der Waals surface area contributed by atoms with Crippen molar-refractivity contribution in [1.82, 2.24) is 10.2 Å². The Morgan fingerprint density at radius 2 is 1.91 bits per heavy atom. The lowest BCUT2D eigenvalue weighted by Gasteiger charge is -2.27. The Morgan fingerprint density at radius 3 is 2.62 bits per heavy atom. The molecule has 0 bridgehead atoms. The van der Waals surface area contributed by atoms with E-state index in [1.807, 2.05) is 12.1 Å². The fourth-order valence-electron chi connectivity index (χ4n) is 3.67. The molecule has 8 nitrogen and oxygen atoms in total. The van der Waals surface area contributed by atoms with E-state index in [-0.39, 0.29) is 24.1 Å². The zero-order chi connectivity index (χ0) is 22.3. The summed E-state index contributed by atoms with van der Waals surface area (Å²) in [6.45, 7) is 2.31. The first-order valence-electron chi connectivity index (χ1n) is 10.8. The summed E-state index contributed by atoms with van der Waals surface area (Å²) < 4.78 is 5.24. The van der Waals surface area contributed by atoms with Crippen molar-refractivity contribution in [3.05, 3.63) is 54.0 Å². The van der Waals surface area contributed by atoms with Crippen molar-refractivity contribution in [1.29, 1.82) is 0 Å². The van der Waals surface area contributed by atoms with Gasteiger partial charge in [-0.25, -0.2) is 0 Å². The van der Waals surface area contributed by atoms with Gasteiger partial charge in [-0.1, -0.05) is 11.8 Å². The molecule has 3 heterocycles. The van der Waals surface area contributed by atoms with Crippen LogP contribution in [0.5, 0.6) is 0 Å². The van der Waals surface area contributed by atoms with Gasteiger partial charge in [-0.3, -0.25) is 14.4 Å². The second-order valence-electron chi connectivity index (χ2n) is 7.80. The van der Waals surface area contributed by atoms with Crippen LogP contribution in [0.2, 0.25) is 0 Å². The summed E-state index contributed by atoms with van der Waals surface area (Å²) in [4.78, 5) is 43.2. The van der Waals surface area contributed by atoms with Crippen molar-refractivity contribution in [3.8, 4) is 0 Å². The molecule has 3 amide bonds. The van der Waals surface area contributed by atoms with Gasteiger partial charge >= 0.3 is 0 Å². The van der Waals surface area contributed by atoms with Crippen molar-refractivity contribution in [3.63, 3.8) is 0 Å². The van der Waals surface area contributed by atoms with E-state index in [1.54, 1.807) is 30.5 Å². The van der Waals surface area contributed by atoms with E-state index in [0.717, 1.165) is 36.9 Å². The number of carbonyl (C=O) groups is 3. The number of amidine groups is 1. The van der Waals surface area contributed by atoms with Gasteiger partial charge in [0.05, 0.1) is 6.26 Å². The Hall–Kier alpha value is -3.07. The minimum Gasteiger partial charge on any atom is -0.469 e. The van der Waals surface area contributed by atoms with Crippen LogP contribution in [0, 0.1) is 0 Å². The number of thioether (sulfide) groups is 1. The number of nitrogens with one attached hydrogen (secondary N) is 2. The summed E-state index contributed by atoms with van der Waals surface area (Å²) in [5, 5.41) is 5.90. The van der Waals surface area contributed by atoms with Crippen LogP contribution in [0.4, 0.5) is 5.69 Å². The molecule has 1 atom stereocenters. The SMILES string of the molecule is O=C(C[C@@H]1SC(N2CCCCC2)=NC1=O)Nc1ccc(C(=O)NCCc2ccco2)cc1. The largest absolute Gasteiger partial charge is 0.469 e. The van der Waals surface area contributed by atoms with Crippen LogP contribution in [-0.2, 0) is 16.0 Å². The third kappa shape index (κ3) is 5.79. The average molecular weight is 455 g/mol. The highest BCUT2D eigenvalue weighted by molar-refractivity contribution is 8.15. The lowest BCUT2D eigenvalue weighted by atomic mass is 10.1. The standard InChI is InChI=1S/C23H26N4O4S/c28-20(15-19-22(30)26-23(32-19)27-12-2-1-3-13-27)25-17-8-6-16(7-9-17)21(29)24-11-10-18-5-4-14-31-18/h4-9,14,19H,1-3,10-13,15H2,(H,24,29)(H,25,28)/t19-/m0/s1. The van der Waals surface area contributed by atoms with Crippen LogP contribution in [0.1, 0.15) is 41.8 Å². The molecule has 9 heteroatoms. The molecule has 1 aromatic carbocycles. The zero-order valence-electron chi connectivity index (χ0n) is 17.7. The molecule has 1 saturated heterocycles. The molecule has 2 N–H and O–H groups in total. The zero-order valence-corrected chi connectivity index (χ0v) is 18.5. The number of amides is 3. The van der Waals surface area contributed by atoms with Crippen LogP contribution in [-0.4, -0.2) is 52.7 Å². The highest BCUT2D eigenvalue weighted by atomic mass is 32.2. The summed E-state index contributed by atoms with van der Waals surface area (Å²) in [7, 11) is 0. The maximum absolute atomic E-state index is 12.4. The third-order valence-electron chi connectivity index (χ3n) is 5.39. The topological polar surface area (TPSA) is 104 Å². The van der Waals surface area contributed by atoms with Crippen LogP contribution in [0.25, 0.3) is 0 Å². The van der Waals surface area contributed by atoms with Crippen LogP contribution in [0.15, 0.2) is 52.1 Å². The Bertz CT molecular complexity index is 982. The highest BCUT2D eigenvalue weighted by Crippen LogP contribution is 2.29. The first-order chi connectivity index (χ1) is 15.6. The Morgan fingerprint density at radius 1 is 1.12 bits per heavy atom. The number of benzene rings is 1. The molecule has 1 fully saturated rings. The molecular weight excluding hydrogens is 428 g/mol. The maximum atomic E-state index is 12.4. The molecule has 0 aliphatic carbocycles. The normalized spacial score (nSPS) is 18.4. The maximum Gasteiger partial charge on any atom is 0.262 e. The Kier molecular flexibility index (Phi) is 7.26. The third-order valence-corrected chi connectivity index (χ3v) is 6.61. The number of nitrogens with zero attached hydrogens (tertiary/aromatic N) is 2. The fourth-order valence-corrected chi connectivity index (χ4v) is 4.79. The highest BCUT2D eigenvalue weighted by Gasteiger charge is 2.33. The van der Waals surface area contributed by atoms with Gasteiger partial charge in [0.2, 0.25) is 5.91 Å². The first-order valence-corrected chi connectivity index (χ1v) is 11.7. The first kappa shape index (κ1) is 22.1. The molecule has 0 radical (unpaired) electrons. The quantitative estimate of drug-likeness (QED) is 0.666. The van der Waals surface area contributed by atoms with E-state index in [1.165, 1.54) is 18.2 Å². The molecule has 32 heavy (non-hydrogen) atoms. The van der Waals surface area contributed by atoms with Gasteiger partial charge in [0.25, 0.3) is 11.8 Å². The van der Waals surface area contributed by atoms with Crippen molar-refractivity contribution >= 4 is 40.3 Å². The molecule has 0 spiro atoms. The lowest BCUT2D eigenvalue weighted by Crippen LogP contribution is -2.33. The molecule has 4 rings (SSSR count). The van der Waals surface area contributed by atoms with Crippen LogP contribution in [0.3, 0.4) is 0 Å². The van der Waals surface area contributed by atoms with Crippen LogP contribution >= 0.6 is 11.8 Å². The molecule has 0 saturated carbocycles. The number of likely N-dealkylation sites (tertiary alicyclic amines) is 1. The van der Waals surface area contributed by atoms with Crippen molar-refractivity contribution in [2.75, 3.05) is 25.0 Å². The van der Waals surface area contributed by atoms with Crippen molar-refractivity contribution in [2.24, 2.45) is 4.99 Å². The predicted molar refractivity (Wildman–Crippen MR) is 124 cm³/mol. The number of rotatable bonds is 7. The lowest BCUT2D eigenvalue weighted by molar-refractivity contribution is -0.121. The fraction of sp³-hybridized carbons (Fsp3) is 0.391. The van der Waals surface area contributed by atoms with Gasteiger partial charge in [-0.15, -0.1) is 0 Å². The van der Waals surface area contributed by atoms with E-state index in [2.05, 4.69) is 20.5 Å².